The third-order valence-corrected chi connectivity index (χ3v) is 4.90. The number of H-pyrrole nitrogens is 1. The first-order valence-electron chi connectivity index (χ1n) is 8.79. The van der Waals surface area contributed by atoms with Gasteiger partial charge in [0, 0.05) is 30.1 Å². The number of hydrogen-bond donors (Lipinski definition) is 2. The number of amides is 2. The molecule has 3 aromatic rings. The molecular formula is C20H20N4O2. The Labute approximate surface area is 151 Å². The molecule has 2 N–H and O–H groups in total. The van der Waals surface area contributed by atoms with Gasteiger partial charge in [-0.3, -0.25) is 14.7 Å². The molecule has 6 nitrogen and oxygen atoms in total. The highest BCUT2D eigenvalue weighted by molar-refractivity contribution is 6.05. The van der Waals surface area contributed by atoms with Crippen molar-refractivity contribution in [3.63, 3.8) is 0 Å². The fraction of sp³-hybridized carbons (Fsp3) is 0.250. The lowest BCUT2D eigenvalue weighted by Crippen LogP contribution is -2.41. The first-order valence-corrected chi connectivity index (χ1v) is 8.79. The smallest absolute Gasteiger partial charge is 0.256 e. The highest BCUT2D eigenvalue weighted by atomic mass is 16.2. The molecular weight excluding hydrogens is 328 g/mol. The summed E-state index contributed by atoms with van der Waals surface area (Å²) in [5, 5.41) is 10.8. The predicted molar refractivity (Wildman–Crippen MR) is 99.8 cm³/mol. The number of carbonyl (C=O) groups is 2. The second-order valence-corrected chi connectivity index (χ2v) is 6.56. The van der Waals surface area contributed by atoms with Gasteiger partial charge < -0.3 is 10.2 Å². The molecule has 2 aromatic carbocycles. The van der Waals surface area contributed by atoms with Crippen LogP contribution in [0.4, 0.5) is 5.69 Å². The van der Waals surface area contributed by atoms with Crippen LogP contribution in [0.3, 0.4) is 0 Å². The number of anilines is 1. The lowest BCUT2D eigenvalue weighted by atomic mass is 9.95. The van der Waals surface area contributed by atoms with Crippen LogP contribution in [0.1, 0.15) is 23.2 Å². The summed E-state index contributed by atoms with van der Waals surface area (Å²) in [5.41, 5.74) is 2.20. The molecule has 2 heterocycles. The molecule has 4 rings (SSSR count). The number of aromatic nitrogens is 2. The Bertz CT molecular complexity index is 927. The number of aromatic amines is 1. The maximum absolute atomic E-state index is 12.9. The van der Waals surface area contributed by atoms with Crippen LogP contribution in [0.25, 0.3) is 10.9 Å². The van der Waals surface area contributed by atoms with E-state index in [1.807, 2.05) is 53.4 Å². The van der Waals surface area contributed by atoms with Crippen LogP contribution in [0.2, 0.25) is 0 Å². The number of rotatable bonds is 3. The normalized spacial score (nSPS) is 15.2. The molecule has 0 unspecified atom stereocenters. The molecule has 0 bridgehead atoms. The van der Waals surface area contributed by atoms with E-state index < -0.39 is 0 Å². The number of nitrogens with one attached hydrogen (secondary N) is 2. The minimum absolute atomic E-state index is 0.0123. The number of carbonyl (C=O) groups excluding carboxylic acids is 2. The maximum atomic E-state index is 12.9. The molecule has 1 aromatic heterocycles. The molecule has 1 saturated heterocycles. The van der Waals surface area contributed by atoms with E-state index in [9.17, 15) is 9.59 Å². The zero-order chi connectivity index (χ0) is 17.9. The summed E-state index contributed by atoms with van der Waals surface area (Å²) in [6.07, 6.45) is 3.05. The third-order valence-electron chi connectivity index (χ3n) is 4.90. The lowest BCUT2D eigenvalue weighted by molar-refractivity contribution is -0.121. The summed E-state index contributed by atoms with van der Waals surface area (Å²) >= 11 is 0. The number of fused-ring (bicyclic) bond motifs is 1. The first kappa shape index (κ1) is 16.3. The largest absolute Gasteiger partial charge is 0.339 e. The van der Waals surface area contributed by atoms with Gasteiger partial charge in [0.2, 0.25) is 5.91 Å². The molecule has 1 aliphatic heterocycles. The Morgan fingerprint density at radius 2 is 1.81 bits per heavy atom. The minimum Gasteiger partial charge on any atom is -0.339 e. The van der Waals surface area contributed by atoms with E-state index >= 15 is 0 Å². The quantitative estimate of drug-likeness (QED) is 0.764. The van der Waals surface area contributed by atoms with Crippen molar-refractivity contribution in [3.8, 4) is 0 Å². The monoisotopic (exact) mass is 348 g/mol. The molecule has 0 radical (unpaired) electrons. The highest BCUT2D eigenvalue weighted by Crippen LogP contribution is 2.23. The molecule has 0 aliphatic carbocycles. The van der Waals surface area contributed by atoms with Crippen molar-refractivity contribution in [2.45, 2.75) is 12.8 Å². The van der Waals surface area contributed by atoms with Gasteiger partial charge in [-0.1, -0.05) is 30.3 Å². The van der Waals surface area contributed by atoms with Crippen LogP contribution in [0.5, 0.6) is 0 Å². The van der Waals surface area contributed by atoms with Crippen molar-refractivity contribution in [3.05, 3.63) is 60.3 Å². The zero-order valence-electron chi connectivity index (χ0n) is 14.3. The molecule has 0 atom stereocenters. The Morgan fingerprint density at radius 1 is 1.04 bits per heavy atom. The standard InChI is InChI=1S/C20H20N4O2/c25-19(22-16-6-2-1-3-7-16)14-9-11-24(12-10-14)20(26)17-8-4-5-15-13-21-23-18(15)17/h1-8,13-14H,9-12H2,(H,21,23)(H,22,25). The summed E-state index contributed by atoms with van der Waals surface area (Å²) < 4.78 is 0. The molecule has 6 heteroatoms. The van der Waals surface area contributed by atoms with Gasteiger partial charge in [0.15, 0.2) is 0 Å². The van der Waals surface area contributed by atoms with Gasteiger partial charge in [-0.15, -0.1) is 0 Å². The average Bonchev–Trinajstić information content (AvgIpc) is 3.17. The number of likely N-dealkylation sites (tertiary alicyclic amines) is 1. The molecule has 132 valence electrons. The summed E-state index contributed by atoms with van der Waals surface area (Å²) in [6.45, 7) is 1.16. The van der Waals surface area contributed by atoms with Gasteiger partial charge >= 0.3 is 0 Å². The van der Waals surface area contributed by atoms with E-state index in [0.29, 0.717) is 31.5 Å². The van der Waals surface area contributed by atoms with E-state index in [4.69, 9.17) is 0 Å². The number of hydrogen-bond acceptors (Lipinski definition) is 3. The van der Waals surface area contributed by atoms with Crippen LogP contribution < -0.4 is 5.32 Å². The van der Waals surface area contributed by atoms with Crippen LogP contribution >= 0.6 is 0 Å². The number of benzene rings is 2. The molecule has 0 spiro atoms. The lowest BCUT2D eigenvalue weighted by Gasteiger charge is -2.31. The Morgan fingerprint density at radius 3 is 2.58 bits per heavy atom. The van der Waals surface area contributed by atoms with Crippen molar-refractivity contribution in [2.24, 2.45) is 5.92 Å². The van der Waals surface area contributed by atoms with Crippen LogP contribution in [0.15, 0.2) is 54.7 Å². The van der Waals surface area contributed by atoms with Crippen LogP contribution in [-0.4, -0.2) is 40.0 Å². The first-order chi connectivity index (χ1) is 12.7. The van der Waals surface area contributed by atoms with Gasteiger partial charge in [-0.05, 0) is 31.0 Å². The summed E-state index contributed by atoms with van der Waals surface area (Å²) in [5.74, 6) is -0.0528. The summed E-state index contributed by atoms with van der Waals surface area (Å²) in [4.78, 5) is 27.1. The molecule has 0 saturated carbocycles. The van der Waals surface area contributed by atoms with Crippen molar-refractivity contribution < 1.29 is 9.59 Å². The minimum atomic E-state index is -0.0674. The average molecular weight is 348 g/mol. The van der Waals surface area contributed by atoms with Gasteiger partial charge in [-0.2, -0.15) is 5.10 Å². The molecule has 26 heavy (non-hydrogen) atoms. The highest BCUT2D eigenvalue weighted by Gasteiger charge is 2.28. The fourth-order valence-corrected chi connectivity index (χ4v) is 3.43. The van der Waals surface area contributed by atoms with Crippen molar-refractivity contribution in [1.29, 1.82) is 0 Å². The van der Waals surface area contributed by atoms with E-state index in [2.05, 4.69) is 15.5 Å². The summed E-state index contributed by atoms with van der Waals surface area (Å²) in [6, 6.07) is 15.1. The molecule has 2 amide bonds. The SMILES string of the molecule is O=C(Nc1ccccc1)C1CCN(C(=O)c2cccc3cn[nH]c23)CC1. The number of piperidine rings is 1. The zero-order valence-corrected chi connectivity index (χ0v) is 14.3. The Balaban J connectivity index is 1.39. The maximum Gasteiger partial charge on any atom is 0.256 e. The van der Waals surface area contributed by atoms with Gasteiger partial charge in [0.05, 0.1) is 17.3 Å². The van der Waals surface area contributed by atoms with Crippen molar-refractivity contribution in [1.82, 2.24) is 15.1 Å². The van der Waals surface area contributed by atoms with Crippen LogP contribution in [-0.2, 0) is 4.79 Å². The van der Waals surface area contributed by atoms with Gasteiger partial charge in [-0.25, -0.2) is 0 Å². The van der Waals surface area contributed by atoms with E-state index in [-0.39, 0.29) is 17.7 Å². The third kappa shape index (κ3) is 3.18. The Kier molecular flexibility index (Phi) is 4.39. The second-order valence-electron chi connectivity index (χ2n) is 6.56. The van der Waals surface area contributed by atoms with Crippen LogP contribution in [0, 0.1) is 5.92 Å². The van der Waals surface area contributed by atoms with E-state index in [1.165, 1.54) is 0 Å². The van der Waals surface area contributed by atoms with Crippen molar-refractivity contribution in [2.75, 3.05) is 18.4 Å². The van der Waals surface area contributed by atoms with E-state index in [1.54, 1.807) is 6.20 Å². The van der Waals surface area contributed by atoms with E-state index in [0.717, 1.165) is 16.6 Å². The van der Waals surface area contributed by atoms with Gasteiger partial charge in [0.1, 0.15) is 0 Å². The fourth-order valence-electron chi connectivity index (χ4n) is 3.43. The summed E-state index contributed by atoms with van der Waals surface area (Å²) in [7, 11) is 0. The van der Waals surface area contributed by atoms with Gasteiger partial charge in [0.25, 0.3) is 5.91 Å². The predicted octanol–water partition coefficient (Wildman–Crippen LogP) is 3.05. The van der Waals surface area contributed by atoms with Crippen molar-refractivity contribution >= 4 is 28.4 Å². The topological polar surface area (TPSA) is 78.1 Å². The molecule has 1 aliphatic rings. The number of nitrogens with zero attached hydrogens (tertiary/aromatic N) is 2. The number of para-hydroxylation sites is 2. The molecule has 1 fully saturated rings. The Hall–Kier alpha value is -3.15. The second kappa shape index (κ2) is 7.00.